The molecular weight excluding hydrogens is 220 g/mol. The minimum atomic E-state index is 0.548. The molecule has 0 radical (unpaired) electrons. The van der Waals surface area contributed by atoms with Crippen LogP contribution in [0.5, 0.6) is 0 Å². The van der Waals surface area contributed by atoms with Crippen molar-refractivity contribution in [3.05, 3.63) is 22.7 Å². The van der Waals surface area contributed by atoms with E-state index in [4.69, 9.17) is 11.6 Å². The molecule has 0 aliphatic carbocycles. The van der Waals surface area contributed by atoms with Crippen LogP contribution in [0.3, 0.4) is 0 Å². The Bertz CT molecular complexity index is 401. The lowest BCUT2D eigenvalue weighted by Gasteiger charge is -2.40. The van der Waals surface area contributed by atoms with Gasteiger partial charge in [-0.15, -0.1) is 0 Å². The first-order valence-electron chi connectivity index (χ1n) is 5.77. The fourth-order valence-corrected chi connectivity index (χ4v) is 2.81. The summed E-state index contributed by atoms with van der Waals surface area (Å²) in [5.41, 5.74) is 3.68. The summed E-state index contributed by atoms with van der Waals surface area (Å²) in [7, 11) is 2.17. The number of nitrogens with one attached hydrogen (secondary N) is 1. The monoisotopic (exact) mass is 238 g/mol. The van der Waals surface area contributed by atoms with Gasteiger partial charge in [0.15, 0.2) is 0 Å². The van der Waals surface area contributed by atoms with Gasteiger partial charge in [0.05, 0.1) is 11.4 Å². The van der Waals surface area contributed by atoms with Crippen LogP contribution in [0.15, 0.2) is 12.1 Å². The zero-order valence-corrected chi connectivity index (χ0v) is 11.1. The number of rotatable bonds is 1. The second-order valence-corrected chi connectivity index (χ2v) is 5.36. The molecule has 0 fully saturated rings. The Balaban J connectivity index is 2.44. The molecule has 2 rings (SSSR count). The molecule has 1 N–H and O–H groups in total. The zero-order chi connectivity index (χ0) is 11.9. The predicted octanol–water partition coefficient (Wildman–Crippen LogP) is 3.53. The quantitative estimate of drug-likeness (QED) is 0.805. The number of anilines is 2. The maximum Gasteiger partial charge on any atom is 0.0633 e. The molecule has 1 atom stereocenters. The van der Waals surface area contributed by atoms with E-state index in [1.54, 1.807) is 0 Å². The summed E-state index contributed by atoms with van der Waals surface area (Å²) < 4.78 is 0. The zero-order valence-electron chi connectivity index (χ0n) is 10.3. The summed E-state index contributed by atoms with van der Waals surface area (Å²) in [6.45, 7) is 7.63. The Morgan fingerprint density at radius 2 is 2.12 bits per heavy atom. The maximum atomic E-state index is 6.07. The highest BCUT2D eigenvalue weighted by molar-refractivity contribution is 6.31. The number of hydrogen-bond donors (Lipinski definition) is 1. The average molecular weight is 239 g/mol. The summed E-state index contributed by atoms with van der Waals surface area (Å²) in [5.74, 6) is 0.640. The third kappa shape index (κ3) is 1.86. The molecule has 1 aromatic carbocycles. The van der Waals surface area contributed by atoms with Crippen LogP contribution < -0.4 is 10.2 Å². The highest BCUT2D eigenvalue weighted by Crippen LogP contribution is 2.37. The minimum Gasteiger partial charge on any atom is -0.381 e. The van der Waals surface area contributed by atoms with Gasteiger partial charge in [-0.3, -0.25) is 0 Å². The summed E-state index contributed by atoms with van der Waals surface area (Å²) in [5, 5.41) is 4.29. The number of halogens is 1. The van der Waals surface area contributed by atoms with E-state index in [2.05, 4.69) is 38.0 Å². The van der Waals surface area contributed by atoms with Crippen molar-refractivity contribution in [1.29, 1.82) is 0 Å². The molecule has 16 heavy (non-hydrogen) atoms. The molecule has 0 aromatic heterocycles. The standard InChI is InChI=1S/C13H19ClN2/c1-8(2)12-7-15-11-6-10(14)5-9(3)13(11)16(12)4/h5-6,8,12,15H,7H2,1-4H3. The molecule has 2 nitrogen and oxygen atoms in total. The first kappa shape index (κ1) is 11.6. The molecule has 0 saturated carbocycles. The Hall–Kier alpha value is -0.890. The van der Waals surface area contributed by atoms with Gasteiger partial charge in [0.25, 0.3) is 0 Å². The highest BCUT2D eigenvalue weighted by Gasteiger charge is 2.26. The largest absolute Gasteiger partial charge is 0.381 e. The number of likely N-dealkylation sites (N-methyl/N-ethyl adjacent to an activating group) is 1. The lowest BCUT2D eigenvalue weighted by Crippen LogP contribution is -2.45. The van der Waals surface area contributed by atoms with E-state index in [1.165, 1.54) is 11.3 Å². The molecule has 3 heteroatoms. The van der Waals surface area contributed by atoms with Crippen molar-refractivity contribution in [2.24, 2.45) is 5.92 Å². The summed E-state index contributed by atoms with van der Waals surface area (Å²) >= 11 is 6.07. The Labute approximate surface area is 103 Å². The van der Waals surface area contributed by atoms with Crippen molar-refractivity contribution in [3.8, 4) is 0 Å². The van der Waals surface area contributed by atoms with Gasteiger partial charge in [0, 0.05) is 24.7 Å². The molecule has 1 unspecified atom stereocenters. The first-order valence-corrected chi connectivity index (χ1v) is 6.15. The molecular formula is C13H19ClN2. The molecule has 1 aliphatic rings. The fraction of sp³-hybridized carbons (Fsp3) is 0.538. The van der Waals surface area contributed by atoms with E-state index in [-0.39, 0.29) is 0 Å². The van der Waals surface area contributed by atoms with Crippen molar-refractivity contribution in [2.45, 2.75) is 26.8 Å². The second-order valence-electron chi connectivity index (χ2n) is 4.92. The molecule has 1 aromatic rings. The van der Waals surface area contributed by atoms with E-state index in [1.807, 2.05) is 12.1 Å². The van der Waals surface area contributed by atoms with Gasteiger partial charge in [-0.1, -0.05) is 25.4 Å². The third-order valence-corrected chi connectivity index (χ3v) is 3.60. The molecule has 0 saturated heterocycles. The maximum absolute atomic E-state index is 6.07. The minimum absolute atomic E-state index is 0.548. The van der Waals surface area contributed by atoms with E-state index in [0.29, 0.717) is 12.0 Å². The second kappa shape index (κ2) is 4.17. The van der Waals surface area contributed by atoms with Crippen LogP contribution in [0, 0.1) is 12.8 Å². The number of aryl methyl sites for hydroxylation is 1. The van der Waals surface area contributed by atoms with Crippen LogP contribution in [0.2, 0.25) is 5.02 Å². The lowest BCUT2D eigenvalue weighted by molar-refractivity contribution is 0.482. The van der Waals surface area contributed by atoms with Crippen LogP contribution in [0.25, 0.3) is 0 Å². The van der Waals surface area contributed by atoms with Crippen LogP contribution in [0.1, 0.15) is 19.4 Å². The van der Waals surface area contributed by atoms with Gasteiger partial charge in [0.2, 0.25) is 0 Å². The Morgan fingerprint density at radius 1 is 1.44 bits per heavy atom. The molecule has 0 bridgehead atoms. The van der Waals surface area contributed by atoms with Crippen LogP contribution in [-0.2, 0) is 0 Å². The van der Waals surface area contributed by atoms with Crippen molar-refractivity contribution < 1.29 is 0 Å². The SMILES string of the molecule is Cc1cc(Cl)cc2c1N(C)C(C(C)C)CN2. The number of fused-ring (bicyclic) bond motifs is 1. The van der Waals surface area contributed by atoms with Crippen molar-refractivity contribution in [1.82, 2.24) is 0 Å². The van der Waals surface area contributed by atoms with Gasteiger partial charge in [0.1, 0.15) is 0 Å². The van der Waals surface area contributed by atoms with E-state index in [9.17, 15) is 0 Å². The van der Waals surface area contributed by atoms with E-state index in [0.717, 1.165) is 17.3 Å². The summed E-state index contributed by atoms with van der Waals surface area (Å²) in [6.07, 6.45) is 0. The van der Waals surface area contributed by atoms with Crippen LogP contribution in [-0.4, -0.2) is 19.6 Å². The highest BCUT2D eigenvalue weighted by atomic mass is 35.5. The van der Waals surface area contributed by atoms with Gasteiger partial charge < -0.3 is 10.2 Å². The number of nitrogens with zero attached hydrogens (tertiary/aromatic N) is 1. The van der Waals surface area contributed by atoms with E-state index < -0.39 is 0 Å². The molecule has 1 heterocycles. The van der Waals surface area contributed by atoms with Gasteiger partial charge in [-0.25, -0.2) is 0 Å². The molecule has 0 spiro atoms. The van der Waals surface area contributed by atoms with Crippen LogP contribution >= 0.6 is 11.6 Å². The van der Waals surface area contributed by atoms with Gasteiger partial charge in [-0.2, -0.15) is 0 Å². The average Bonchev–Trinajstić information content (AvgIpc) is 2.15. The normalized spacial score (nSPS) is 19.6. The number of hydrogen-bond acceptors (Lipinski definition) is 2. The smallest absolute Gasteiger partial charge is 0.0633 e. The Kier molecular flexibility index (Phi) is 3.02. The van der Waals surface area contributed by atoms with Crippen LogP contribution in [0.4, 0.5) is 11.4 Å². The van der Waals surface area contributed by atoms with E-state index >= 15 is 0 Å². The van der Waals surface area contributed by atoms with Gasteiger partial charge in [-0.05, 0) is 30.5 Å². The van der Waals surface area contributed by atoms with Crippen molar-refractivity contribution in [2.75, 3.05) is 23.8 Å². The Morgan fingerprint density at radius 3 is 2.75 bits per heavy atom. The van der Waals surface area contributed by atoms with Crippen molar-refractivity contribution >= 4 is 23.0 Å². The lowest BCUT2D eigenvalue weighted by atomic mass is 9.98. The predicted molar refractivity (Wildman–Crippen MR) is 71.7 cm³/mol. The summed E-state index contributed by atoms with van der Waals surface area (Å²) in [6, 6.07) is 4.59. The molecule has 0 amide bonds. The molecule has 1 aliphatic heterocycles. The number of benzene rings is 1. The van der Waals surface area contributed by atoms with Crippen molar-refractivity contribution in [3.63, 3.8) is 0 Å². The first-order chi connectivity index (χ1) is 7.50. The van der Waals surface area contributed by atoms with Gasteiger partial charge >= 0.3 is 0 Å². The molecule has 88 valence electrons. The third-order valence-electron chi connectivity index (χ3n) is 3.39. The topological polar surface area (TPSA) is 15.3 Å². The summed E-state index contributed by atoms with van der Waals surface area (Å²) in [4.78, 5) is 2.38. The fourth-order valence-electron chi connectivity index (χ4n) is 2.54.